The van der Waals surface area contributed by atoms with Crippen molar-refractivity contribution in [2.45, 2.75) is 68.3 Å². The van der Waals surface area contributed by atoms with Gasteiger partial charge in [0.05, 0.1) is 36.9 Å². The van der Waals surface area contributed by atoms with Gasteiger partial charge in [-0.1, -0.05) is 78.4 Å². The number of aryl methyl sites for hydroxylation is 1. The second-order valence-electron chi connectivity index (χ2n) is 10.3. The summed E-state index contributed by atoms with van der Waals surface area (Å²) in [6.45, 7) is 1.89. The van der Waals surface area contributed by atoms with Gasteiger partial charge in [0.2, 0.25) is 0 Å². The minimum Gasteiger partial charge on any atom is -0.388 e. The third kappa shape index (κ3) is 9.64. The molecular formula is C32H40O10S. The molecule has 0 aromatic heterocycles. The Bertz CT molecular complexity index is 1320. The molecular weight excluding hydrogens is 576 g/mol. The molecule has 3 aromatic carbocycles. The number of hydrogen-bond donors (Lipinski definition) is 1. The van der Waals surface area contributed by atoms with Gasteiger partial charge in [-0.3, -0.25) is 4.18 Å². The molecule has 0 spiro atoms. The van der Waals surface area contributed by atoms with Crippen LogP contribution in [0.25, 0.3) is 0 Å². The average molecular weight is 617 g/mol. The first kappa shape index (κ1) is 33.2. The summed E-state index contributed by atoms with van der Waals surface area (Å²) in [6, 6.07) is 25.6. The minimum atomic E-state index is -4.05. The monoisotopic (exact) mass is 616 g/mol. The van der Waals surface area contributed by atoms with Crippen molar-refractivity contribution in [3.63, 3.8) is 0 Å². The van der Waals surface area contributed by atoms with Gasteiger partial charge in [-0.15, -0.1) is 0 Å². The fraction of sp³-hybridized carbons (Fsp3) is 0.438. The summed E-state index contributed by atoms with van der Waals surface area (Å²) >= 11 is 0. The third-order valence-corrected chi connectivity index (χ3v) is 8.35. The van der Waals surface area contributed by atoms with E-state index in [9.17, 15) is 13.5 Å². The van der Waals surface area contributed by atoms with Crippen molar-refractivity contribution >= 4 is 10.1 Å². The maximum Gasteiger partial charge on any atom is 0.297 e. The van der Waals surface area contributed by atoms with Crippen molar-refractivity contribution in [3.8, 4) is 0 Å². The Balaban J connectivity index is 1.50. The number of aliphatic hydroxyl groups excluding tert-OH is 1. The van der Waals surface area contributed by atoms with E-state index in [1.165, 1.54) is 26.4 Å². The molecule has 0 aliphatic carbocycles. The van der Waals surface area contributed by atoms with Crippen LogP contribution in [0.4, 0.5) is 0 Å². The molecule has 4 rings (SSSR count). The first-order valence-corrected chi connectivity index (χ1v) is 15.5. The quantitative estimate of drug-likeness (QED) is 0.187. The van der Waals surface area contributed by atoms with Crippen LogP contribution in [0.2, 0.25) is 0 Å². The molecule has 3 aromatic rings. The fourth-order valence-electron chi connectivity index (χ4n) is 4.72. The fourth-order valence-corrected chi connectivity index (χ4v) is 5.66. The lowest BCUT2D eigenvalue weighted by atomic mass is 9.94. The summed E-state index contributed by atoms with van der Waals surface area (Å²) in [5.74, 6) is 0. The number of benzene rings is 3. The number of ether oxygens (including phenoxy) is 6. The van der Waals surface area contributed by atoms with Crippen molar-refractivity contribution in [2.75, 3.05) is 27.6 Å². The molecule has 1 heterocycles. The standard InChI is InChI=1S/C32H40O10S/c1-23-14-16-27(17-15-23)43(34,35)41-21-26(40-22-36-2)18-28-29(33)30(38-19-24-10-6-4-7-11-24)31(32(37-3)42-28)39-20-25-12-8-5-9-13-25/h4-17,26,28-33H,18-22H2,1-3H3/t26-,28+,29+,30-,31+,32-/m0/s1. The van der Waals surface area contributed by atoms with Crippen LogP contribution in [0.1, 0.15) is 23.1 Å². The van der Waals surface area contributed by atoms with Gasteiger partial charge < -0.3 is 33.5 Å². The van der Waals surface area contributed by atoms with Crippen LogP contribution < -0.4 is 0 Å². The molecule has 0 unspecified atom stereocenters. The molecule has 0 amide bonds. The van der Waals surface area contributed by atoms with Gasteiger partial charge in [0.15, 0.2) is 6.29 Å². The van der Waals surface area contributed by atoms with Crippen LogP contribution in [0.15, 0.2) is 89.8 Å². The lowest BCUT2D eigenvalue weighted by Crippen LogP contribution is -2.60. The van der Waals surface area contributed by atoms with E-state index in [-0.39, 0.29) is 37.9 Å². The molecule has 1 N–H and O–H groups in total. The van der Waals surface area contributed by atoms with E-state index in [0.717, 1.165) is 16.7 Å². The minimum absolute atomic E-state index is 0.0322. The van der Waals surface area contributed by atoms with Crippen LogP contribution >= 0.6 is 0 Å². The van der Waals surface area contributed by atoms with Crippen LogP contribution in [0.5, 0.6) is 0 Å². The summed E-state index contributed by atoms with van der Waals surface area (Å²) in [4.78, 5) is 0.0322. The summed E-state index contributed by atoms with van der Waals surface area (Å²) < 4.78 is 66.1. The summed E-state index contributed by atoms with van der Waals surface area (Å²) in [7, 11) is -1.11. The van der Waals surface area contributed by atoms with Crippen LogP contribution in [-0.2, 0) is 55.9 Å². The first-order valence-electron chi connectivity index (χ1n) is 14.0. The smallest absolute Gasteiger partial charge is 0.297 e. The highest BCUT2D eigenvalue weighted by Gasteiger charge is 2.48. The Morgan fingerprint density at radius 2 is 1.42 bits per heavy atom. The van der Waals surface area contributed by atoms with Crippen molar-refractivity contribution in [2.24, 2.45) is 0 Å². The van der Waals surface area contributed by atoms with E-state index < -0.39 is 46.9 Å². The Hall–Kier alpha value is -2.71. The topological polar surface area (TPSA) is 119 Å². The van der Waals surface area contributed by atoms with E-state index in [2.05, 4.69) is 0 Å². The Kier molecular flexibility index (Phi) is 12.6. The van der Waals surface area contributed by atoms with E-state index >= 15 is 0 Å². The third-order valence-electron chi connectivity index (χ3n) is 7.06. The van der Waals surface area contributed by atoms with Gasteiger partial charge >= 0.3 is 0 Å². The average Bonchev–Trinajstić information content (AvgIpc) is 3.02. The number of aliphatic hydroxyl groups is 1. The SMILES string of the molecule is COCO[C@H](COS(=O)(=O)c1ccc(C)cc1)C[C@H]1O[C@H](OC)[C@H](OCc2ccccc2)[C@@H](OCc2ccccc2)[C@@H]1O. The normalized spacial score (nSPS) is 23.2. The Labute approximate surface area is 253 Å². The number of hydrogen-bond acceptors (Lipinski definition) is 10. The van der Waals surface area contributed by atoms with Crippen LogP contribution in [0, 0.1) is 6.92 Å². The maximum absolute atomic E-state index is 12.8. The molecule has 10 nitrogen and oxygen atoms in total. The molecule has 0 saturated carbocycles. The maximum atomic E-state index is 12.8. The molecule has 1 saturated heterocycles. The summed E-state index contributed by atoms with van der Waals surface area (Å²) in [6.07, 6.45) is -5.28. The van der Waals surface area contributed by atoms with E-state index in [1.54, 1.807) is 12.1 Å². The Morgan fingerprint density at radius 1 is 0.837 bits per heavy atom. The van der Waals surface area contributed by atoms with Crippen molar-refractivity contribution in [3.05, 3.63) is 102 Å². The van der Waals surface area contributed by atoms with Gasteiger partial charge in [0, 0.05) is 20.6 Å². The number of rotatable bonds is 16. The van der Waals surface area contributed by atoms with Gasteiger partial charge in [-0.25, -0.2) is 0 Å². The van der Waals surface area contributed by atoms with Gasteiger partial charge in [0.1, 0.15) is 25.1 Å². The molecule has 1 aliphatic rings. The van der Waals surface area contributed by atoms with Crippen LogP contribution in [0.3, 0.4) is 0 Å². The van der Waals surface area contributed by atoms with E-state index in [1.807, 2.05) is 67.6 Å². The second kappa shape index (κ2) is 16.4. The highest BCUT2D eigenvalue weighted by atomic mass is 32.2. The largest absolute Gasteiger partial charge is 0.388 e. The molecule has 0 radical (unpaired) electrons. The van der Waals surface area contributed by atoms with E-state index in [0.29, 0.717) is 0 Å². The molecule has 1 aliphatic heterocycles. The zero-order valence-corrected chi connectivity index (χ0v) is 25.4. The summed E-state index contributed by atoms with van der Waals surface area (Å²) in [5, 5.41) is 11.6. The molecule has 0 bridgehead atoms. The molecule has 6 atom stereocenters. The Morgan fingerprint density at radius 3 is 1.98 bits per heavy atom. The molecule has 234 valence electrons. The number of methoxy groups -OCH3 is 2. The van der Waals surface area contributed by atoms with Crippen molar-refractivity contribution in [1.29, 1.82) is 0 Å². The van der Waals surface area contributed by atoms with Crippen molar-refractivity contribution < 1.29 is 46.1 Å². The van der Waals surface area contributed by atoms with Gasteiger partial charge in [-0.2, -0.15) is 8.42 Å². The predicted octanol–water partition coefficient (Wildman–Crippen LogP) is 3.98. The first-order chi connectivity index (χ1) is 20.8. The van der Waals surface area contributed by atoms with Gasteiger partial charge in [0.25, 0.3) is 10.1 Å². The lowest BCUT2D eigenvalue weighted by molar-refractivity contribution is -0.314. The van der Waals surface area contributed by atoms with E-state index in [4.69, 9.17) is 32.6 Å². The highest BCUT2D eigenvalue weighted by molar-refractivity contribution is 7.86. The van der Waals surface area contributed by atoms with Gasteiger partial charge in [-0.05, 0) is 30.2 Å². The zero-order chi connectivity index (χ0) is 30.7. The molecule has 43 heavy (non-hydrogen) atoms. The molecule has 11 heteroatoms. The molecule has 1 fully saturated rings. The second-order valence-corrected chi connectivity index (χ2v) is 11.9. The van der Waals surface area contributed by atoms with Crippen LogP contribution in [-0.4, -0.2) is 78.0 Å². The lowest BCUT2D eigenvalue weighted by Gasteiger charge is -2.44. The van der Waals surface area contributed by atoms with Crippen molar-refractivity contribution in [1.82, 2.24) is 0 Å². The zero-order valence-electron chi connectivity index (χ0n) is 24.6. The summed E-state index contributed by atoms with van der Waals surface area (Å²) in [5.41, 5.74) is 2.78. The highest BCUT2D eigenvalue weighted by Crippen LogP contribution is 2.31. The predicted molar refractivity (Wildman–Crippen MR) is 157 cm³/mol.